The molecular weight excluding hydrogens is 390 g/mol. The molecule has 156 valence electrons. The summed E-state index contributed by atoms with van der Waals surface area (Å²) in [6, 6.07) is 15.5. The van der Waals surface area contributed by atoms with Gasteiger partial charge in [0.15, 0.2) is 11.5 Å². The minimum absolute atomic E-state index is 0.0381. The molecule has 31 heavy (non-hydrogen) atoms. The minimum Gasteiger partial charge on any atom is -0.497 e. The fourth-order valence-electron chi connectivity index (χ4n) is 4.10. The van der Waals surface area contributed by atoms with Gasteiger partial charge < -0.3 is 9.64 Å². The van der Waals surface area contributed by atoms with E-state index in [1.807, 2.05) is 52.0 Å². The fourth-order valence-corrected chi connectivity index (χ4v) is 4.10. The largest absolute Gasteiger partial charge is 0.497 e. The number of amides is 1. The van der Waals surface area contributed by atoms with Crippen molar-refractivity contribution in [3.05, 3.63) is 78.5 Å². The highest BCUT2D eigenvalue weighted by Gasteiger charge is 2.28. The average molecular weight is 413 g/mol. The van der Waals surface area contributed by atoms with Crippen LogP contribution in [0.5, 0.6) is 5.75 Å². The summed E-state index contributed by atoms with van der Waals surface area (Å²) >= 11 is 0. The normalized spacial score (nSPS) is 16.4. The molecule has 1 fully saturated rings. The molecule has 1 saturated heterocycles. The van der Waals surface area contributed by atoms with E-state index in [4.69, 9.17) is 14.8 Å². The van der Waals surface area contributed by atoms with Crippen LogP contribution in [0.15, 0.2) is 67.1 Å². The van der Waals surface area contributed by atoms with Crippen molar-refractivity contribution < 1.29 is 9.53 Å². The van der Waals surface area contributed by atoms with E-state index in [1.54, 1.807) is 31.6 Å². The zero-order valence-electron chi connectivity index (χ0n) is 17.3. The van der Waals surface area contributed by atoms with Gasteiger partial charge >= 0.3 is 0 Å². The molecule has 7 heteroatoms. The predicted molar refractivity (Wildman–Crippen MR) is 117 cm³/mol. The molecule has 5 rings (SSSR count). The van der Waals surface area contributed by atoms with Crippen LogP contribution in [0.3, 0.4) is 0 Å². The second-order valence-electron chi connectivity index (χ2n) is 7.75. The lowest BCUT2D eigenvalue weighted by molar-refractivity contribution is 0.0704. The van der Waals surface area contributed by atoms with E-state index in [-0.39, 0.29) is 11.8 Å². The van der Waals surface area contributed by atoms with Crippen LogP contribution in [-0.4, -0.2) is 50.6 Å². The van der Waals surface area contributed by atoms with Gasteiger partial charge in [-0.25, -0.2) is 9.50 Å². The van der Waals surface area contributed by atoms with Crippen molar-refractivity contribution in [3.63, 3.8) is 0 Å². The number of fused-ring (bicyclic) bond motifs is 1. The maximum Gasteiger partial charge on any atom is 0.253 e. The number of carbonyl (C=O) groups is 1. The van der Waals surface area contributed by atoms with Gasteiger partial charge in [-0.2, -0.15) is 5.10 Å². The number of carbonyl (C=O) groups excluding carboxylic acids is 1. The van der Waals surface area contributed by atoms with E-state index in [0.717, 1.165) is 47.7 Å². The number of ether oxygens (including phenoxy) is 1. The number of hydrogen-bond donors (Lipinski definition) is 0. The maximum absolute atomic E-state index is 12.8. The SMILES string of the molecule is COc1cccc(-c2ccc3nc([C@@H]4CCCN(C(=O)c5ccncc5)C4)nn3c2)c1. The number of benzene rings is 1. The third-order valence-corrected chi connectivity index (χ3v) is 5.75. The Morgan fingerprint density at radius 2 is 1.97 bits per heavy atom. The average Bonchev–Trinajstić information content (AvgIpc) is 3.28. The summed E-state index contributed by atoms with van der Waals surface area (Å²) in [6.07, 6.45) is 7.20. The Kier molecular flexibility index (Phi) is 5.08. The Morgan fingerprint density at radius 3 is 2.81 bits per heavy atom. The highest BCUT2D eigenvalue weighted by Crippen LogP contribution is 2.28. The smallest absolute Gasteiger partial charge is 0.253 e. The molecule has 1 aliphatic rings. The van der Waals surface area contributed by atoms with Crippen molar-refractivity contribution in [2.24, 2.45) is 0 Å². The Morgan fingerprint density at radius 1 is 1.10 bits per heavy atom. The molecule has 4 heterocycles. The first-order valence-electron chi connectivity index (χ1n) is 10.4. The number of rotatable bonds is 4. The molecule has 0 unspecified atom stereocenters. The van der Waals surface area contributed by atoms with Crippen LogP contribution in [0.4, 0.5) is 0 Å². The molecule has 0 bridgehead atoms. The van der Waals surface area contributed by atoms with E-state index in [1.165, 1.54) is 0 Å². The monoisotopic (exact) mass is 413 g/mol. The molecular formula is C24H23N5O2. The number of hydrogen-bond acceptors (Lipinski definition) is 5. The van der Waals surface area contributed by atoms with E-state index < -0.39 is 0 Å². The van der Waals surface area contributed by atoms with Gasteiger partial charge in [-0.15, -0.1) is 0 Å². The van der Waals surface area contributed by atoms with E-state index >= 15 is 0 Å². The first-order chi connectivity index (χ1) is 15.2. The summed E-state index contributed by atoms with van der Waals surface area (Å²) < 4.78 is 7.17. The number of aromatic nitrogens is 4. The van der Waals surface area contributed by atoms with Crippen LogP contribution < -0.4 is 4.74 Å². The number of nitrogens with zero attached hydrogens (tertiary/aromatic N) is 5. The molecule has 1 aromatic carbocycles. The molecule has 7 nitrogen and oxygen atoms in total. The van der Waals surface area contributed by atoms with Gasteiger partial charge in [0.1, 0.15) is 5.75 Å². The van der Waals surface area contributed by atoms with Gasteiger partial charge in [0.2, 0.25) is 0 Å². The second kappa shape index (κ2) is 8.18. The van der Waals surface area contributed by atoms with Crippen LogP contribution in [0, 0.1) is 0 Å². The Balaban J connectivity index is 1.39. The molecule has 0 radical (unpaired) electrons. The summed E-state index contributed by atoms with van der Waals surface area (Å²) in [7, 11) is 1.67. The Labute approximate surface area is 180 Å². The van der Waals surface area contributed by atoms with Crippen LogP contribution >= 0.6 is 0 Å². The number of methoxy groups -OCH3 is 1. The second-order valence-corrected chi connectivity index (χ2v) is 7.75. The van der Waals surface area contributed by atoms with E-state index in [2.05, 4.69) is 4.98 Å². The molecule has 0 aliphatic carbocycles. The highest BCUT2D eigenvalue weighted by atomic mass is 16.5. The van der Waals surface area contributed by atoms with Gasteiger partial charge in [-0.3, -0.25) is 9.78 Å². The zero-order chi connectivity index (χ0) is 21.2. The number of likely N-dealkylation sites (tertiary alicyclic amines) is 1. The first kappa shape index (κ1) is 19.2. The molecule has 4 aromatic rings. The minimum atomic E-state index is 0.0381. The maximum atomic E-state index is 12.8. The van der Waals surface area contributed by atoms with Gasteiger partial charge in [0, 0.05) is 48.7 Å². The lowest BCUT2D eigenvalue weighted by Crippen LogP contribution is -2.39. The van der Waals surface area contributed by atoms with Crippen LogP contribution in [0.1, 0.15) is 34.9 Å². The van der Waals surface area contributed by atoms with Gasteiger partial charge in [-0.05, 0) is 54.8 Å². The predicted octanol–water partition coefficient (Wildman–Crippen LogP) is 3.82. The first-order valence-corrected chi connectivity index (χ1v) is 10.4. The van der Waals surface area contributed by atoms with Gasteiger partial charge in [0.05, 0.1) is 7.11 Å². The van der Waals surface area contributed by atoms with Crippen molar-refractivity contribution in [2.75, 3.05) is 20.2 Å². The molecule has 0 N–H and O–H groups in total. The van der Waals surface area contributed by atoms with Crippen molar-refractivity contribution in [3.8, 4) is 16.9 Å². The molecule has 1 amide bonds. The summed E-state index contributed by atoms with van der Waals surface area (Å²) in [4.78, 5) is 23.5. The third-order valence-electron chi connectivity index (χ3n) is 5.75. The number of pyridine rings is 2. The van der Waals surface area contributed by atoms with Crippen LogP contribution in [0.2, 0.25) is 0 Å². The molecule has 1 atom stereocenters. The van der Waals surface area contributed by atoms with E-state index in [9.17, 15) is 4.79 Å². The van der Waals surface area contributed by atoms with Crippen LogP contribution in [-0.2, 0) is 0 Å². The summed E-state index contributed by atoms with van der Waals surface area (Å²) in [6.45, 7) is 1.38. The van der Waals surface area contributed by atoms with Crippen LogP contribution in [0.25, 0.3) is 16.8 Å². The van der Waals surface area contributed by atoms with Gasteiger partial charge in [0.25, 0.3) is 5.91 Å². The topological polar surface area (TPSA) is 72.6 Å². The standard InChI is InChI=1S/C24H23N5O2/c1-31-21-6-2-4-18(14-21)19-7-8-22-26-23(27-29(22)16-19)20-5-3-13-28(15-20)24(30)17-9-11-25-12-10-17/h2,4,6-12,14,16,20H,3,5,13,15H2,1H3/t20-/m1/s1. The fraction of sp³-hybridized carbons (Fsp3) is 0.250. The van der Waals surface area contributed by atoms with Crippen molar-refractivity contribution >= 4 is 11.6 Å². The summed E-state index contributed by atoms with van der Waals surface area (Å²) in [5, 5.41) is 4.76. The summed E-state index contributed by atoms with van der Waals surface area (Å²) in [5.74, 6) is 1.77. The molecule has 0 saturated carbocycles. The van der Waals surface area contributed by atoms with E-state index in [0.29, 0.717) is 12.1 Å². The lowest BCUT2D eigenvalue weighted by atomic mass is 9.97. The Bertz CT molecular complexity index is 1220. The Hall–Kier alpha value is -3.74. The van der Waals surface area contributed by atoms with Gasteiger partial charge in [-0.1, -0.05) is 12.1 Å². The van der Waals surface area contributed by atoms with Crippen molar-refractivity contribution in [2.45, 2.75) is 18.8 Å². The third kappa shape index (κ3) is 3.86. The molecule has 3 aromatic heterocycles. The zero-order valence-corrected chi connectivity index (χ0v) is 17.3. The molecule has 0 spiro atoms. The quantitative estimate of drug-likeness (QED) is 0.509. The van der Waals surface area contributed by atoms with Crippen molar-refractivity contribution in [1.29, 1.82) is 0 Å². The molecule has 1 aliphatic heterocycles. The summed E-state index contributed by atoms with van der Waals surface area (Å²) in [5.41, 5.74) is 3.58. The lowest BCUT2D eigenvalue weighted by Gasteiger charge is -2.31. The highest BCUT2D eigenvalue weighted by molar-refractivity contribution is 5.94. The number of piperidine rings is 1. The van der Waals surface area contributed by atoms with Crippen molar-refractivity contribution in [1.82, 2.24) is 24.5 Å².